The minimum Gasteiger partial charge on any atom is -0.404 e. The molecule has 0 radical (unpaired) electrons. The molecule has 0 unspecified atom stereocenters. The number of benzene rings is 1. The van der Waals surface area contributed by atoms with E-state index >= 15 is 0 Å². The first-order valence-corrected chi connectivity index (χ1v) is 8.98. The number of thiophene rings is 1. The molecule has 0 saturated heterocycles. The molecule has 1 aliphatic rings. The van der Waals surface area contributed by atoms with Gasteiger partial charge in [0.2, 0.25) is 0 Å². The molecular formula is C17H19F3N4OS. The van der Waals surface area contributed by atoms with Gasteiger partial charge in [-0.05, 0) is 35.6 Å². The Morgan fingerprint density at radius 3 is 2.92 bits per heavy atom. The summed E-state index contributed by atoms with van der Waals surface area (Å²) in [5.41, 5.74) is 7.27. The zero-order valence-electron chi connectivity index (χ0n) is 13.9. The van der Waals surface area contributed by atoms with Gasteiger partial charge < -0.3 is 15.8 Å². The number of halogens is 3. The number of anilines is 1. The van der Waals surface area contributed by atoms with Crippen LogP contribution in [0.2, 0.25) is 0 Å². The van der Waals surface area contributed by atoms with Crippen LogP contribution in [0.15, 0.2) is 40.7 Å². The monoisotopic (exact) mass is 384 g/mol. The van der Waals surface area contributed by atoms with Crippen molar-refractivity contribution in [1.82, 2.24) is 4.90 Å². The number of aliphatic imine (C=N–C) groups is 1. The number of hydrogen-bond donors (Lipinski definition) is 2. The molecule has 1 aromatic heterocycles. The van der Waals surface area contributed by atoms with E-state index < -0.39 is 6.36 Å². The van der Waals surface area contributed by atoms with E-state index in [9.17, 15) is 13.2 Å². The Hall–Kier alpha value is -2.26. The van der Waals surface area contributed by atoms with E-state index in [-0.39, 0.29) is 17.4 Å². The van der Waals surface area contributed by atoms with Crippen molar-refractivity contribution in [2.24, 2.45) is 10.7 Å². The molecule has 0 fully saturated rings. The van der Waals surface area contributed by atoms with Crippen LogP contribution in [0.1, 0.15) is 10.4 Å². The van der Waals surface area contributed by atoms with Crippen molar-refractivity contribution >= 4 is 23.0 Å². The molecule has 0 saturated carbocycles. The summed E-state index contributed by atoms with van der Waals surface area (Å²) in [6, 6.07) is 7.85. The zero-order valence-corrected chi connectivity index (χ0v) is 14.7. The number of nitrogens with zero attached hydrogens (tertiary/aromatic N) is 2. The normalized spacial score (nSPS) is 15.6. The summed E-state index contributed by atoms with van der Waals surface area (Å²) in [6.45, 7) is 3.06. The highest BCUT2D eigenvalue weighted by molar-refractivity contribution is 7.10. The summed E-state index contributed by atoms with van der Waals surface area (Å²) in [5, 5.41) is 4.77. The van der Waals surface area contributed by atoms with Gasteiger partial charge in [0.25, 0.3) is 0 Å². The molecule has 26 heavy (non-hydrogen) atoms. The summed E-state index contributed by atoms with van der Waals surface area (Å²) < 4.78 is 41.3. The minimum absolute atomic E-state index is 0.0523. The van der Waals surface area contributed by atoms with E-state index in [1.54, 1.807) is 17.4 Å². The summed E-state index contributed by atoms with van der Waals surface area (Å²) >= 11 is 1.79. The van der Waals surface area contributed by atoms with E-state index in [1.807, 2.05) is 0 Å². The van der Waals surface area contributed by atoms with Crippen LogP contribution in [0.25, 0.3) is 0 Å². The quantitative estimate of drug-likeness (QED) is 0.612. The van der Waals surface area contributed by atoms with E-state index in [0.717, 1.165) is 26.1 Å². The number of hydrogen-bond acceptors (Lipinski definition) is 4. The molecule has 9 heteroatoms. The Morgan fingerprint density at radius 2 is 2.12 bits per heavy atom. The summed E-state index contributed by atoms with van der Waals surface area (Å²) in [6.07, 6.45) is -3.73. The number of para-hydroxylation sites is 2. The van der Waals surface area contributed by atoms with Crippen LogP contribution >= 0.6 is 11.3 Å². The number of rotatable bonds is 5. The van der Waals surface area contributed by atoms with Gasteiger partial charge in [-0.1, -0.05) is 12.1 Å². The molecule has 3 N–H and O–H groups in total. The first kappa shape index (κ1) is 18.5. The maximum absolute atomic E-state index is 12.4. The highest BCUT2D eigenvalue weighted by Gasteiger charge is 2.32. The summed E-state index contributed by atoms with van der Waals surface area (Å²) in [4.78, 5) is 7.92. The topological polar surface area (TPSA) is 62.9 Å². The van der Waals surface area contributed by atoms with Crippen molar-refractivity contribution in [3.63, 3.8) is 0 Å². The lowest BCUT2D eigenvalue weighted by Gasteiger charge is -2.26. The second-order valence-corrected chi connectivity index (χ2v) is 6.83. The van der Waals surface area contributed by atoms with Gasteiger partial charge in [0, 0.05) is 24.5 Å². The molecule has 1 aromatic carbocycles. The van der Waals surface area contributed by atoms with E-state index in [2.05, 4.69) is 31.4 Å². The molecule has 2 heterocycles. The maximum atomic E-state index is 12.4. The Morgan fingerprint density at radius 1 is 1.31 bits per heavy atom. The SMILES string of the molecule is NC(=NCCN1CCc2sccc2C1)Nc1ccccc1OC(F)(F)F. The minimum atomic E-state index is -4.77. The average molecular weight is 384 g/mol. The molecule has 0 atom stereocenters. The molecule has 0 amide bonds. The second kappa shape index (κ2) is 7.96. The smallest absolute Gasteiger partial charge is 0.404 e. The van der Waals surface area contributed by atoms with Gasteiger partial charge in [-0.25, -0.2) is 0 Å². The Bertz CT molecular complexity index is 775. The predicted molar refractivity (Wildman–Crippen MR) is 96.5 cm³/mol. The van der Waals surface area contributed by atoms with Gasteiger partial charge in [-0.15, -0.1) is 24.5 Å². The highest BCUT2D eigenvalue weighted by Crippen LogP contribution is 2.29. The third-order valence-electron chi connectivity index (χ3n) is 3.96. The Kier molecular flexibility index (Phi) is 5.67. The summed E-state index contributed by atoms with van der Waals surface area (Å²) in [7, 11) is 0. The molecule has 0 spiro atoms. The number of fused-ring (bicyclic) bond motifs is 1. The highest BCUT2D eigenvalue weighted by atomic mass is 32.1. The second-order valence-electron chi connectivity index (χ2n) is 5.83. The van der Waals surface area contributed by atoms with E-state index in [0.29, 0.717) is 6.54 Å². The van der Waals surface area contributed by atoms with Gasteiger partial charge in [0.15, 0.2) is 11.7 Å². The standard InChI is InChI=1S/C17H19F3N4OS/c18-17(19,20)25-14-4-2-1-3-13(14)23-16(21)22-7-9-24-8-5-15-12(11-24)6-10-26-15/h1-4,6,10H,5,7-9,11H2,(H3,21,22,23). The predicted octanol–water partition coefficient (Wildman–Crippen LogP) is 3.43. The summed E-state index contributed by atoms with van der Waals surface area (Å²) in [5.74, 6) is -0.296. The Balaban J connectivity index is 1.53. The van der Waals surface area contributed by atoms with Gasteiger partial charge in [-0.3, -0.25) is 9.89 Å². The third kappa shape index (κ3) is 5.12. The molecule has 140 valence electrons. The largest absolute Gasteiger partial charge is 0.573 e. The van der Waals surface area contributed by atoms with Crippen LogP contribution in [0.4, 0.5) is 18.9 Å². The molecule has 0 aliphatic carbocycles. The van der Waals surface area contributed by atoms with Crippen LogP contribution in [0.5, 0.6) is 5.75 Å². The lowest BCUT2D eigenvalue weighted by atomic mass is 10.1. The molecule has 2 aromatic rings. The number of ether oxygens (including phenoxy) is 1. The van der Waals surface area contributed by atoms with Crippen LogP contribution in [0, 0.1) is 0 Å². The van der Waals surface area contributed by atoms with Crippen molar-refractivity contribution in [1.29, 1.82) is 0 Å². The first-order chi connectivity index (χ1) is 12.4. The van der Waals surface area contributed by atoms with Crippen molar-refractivity contribution in [3.8, 4) is 5.75 Å². The van der Waals surface area contributed by atoms with Crippen molar-refractivity contribution in [3.05, 3.63) is 46.2 Å². The fraction of sp³-hybridized carbons (Fsp3) is 0.353. The van der Waals surface area contributed by atoms with Crippen LogP contribution < -0.4 is 15.8 Å². The van der Waals surface area contributed by atoms with Crippen molar-refractivity contribution in [2.75, 3.05) is 25.0 Å². The molecule has 3 rings (SSSR count). The number of alkyl halides is 3. The maximum Gasteiger partial charge on any atom is 0.573 e. The fourth-order valence-corrected chi connectivity index (χ4v) is 3.66. The number of nitrogens with two attached hydrogens (primary N) is 1. The lowest BCUT2D eigenvalue weighted by Crippen LogP contribution is -2.32. The van der Waals surface area contributed by atoms with Crippen molar-refractivity contribution in [2.45, 2.75) is 19.3 Å². The molecule has 0 bridgehead atoms. The zero-order chi connectivity index (χ0) is 18.6. The van der Waals surface area contributed by atoms with E-state index in [1.165, 1.54) is 28.6 Å². The van der Waals surface area contributed by atoms with Crippen molar-refractivity contribution < 1.29 is 17.9 Å². The number of guanidine groups is 1. The third-order valence-corrected chi connectivity index (χ3v) is 4.98. The van der Waals surface area contributed by atoms with Gasteiger partial charge in [-0.2, -0.15) is 0 Å². The van der Waals surface area contributed by atoms with Crippen LogP contribution in [0.3, 0.4) is 0 Å². The average Bonchev–Trinajstić information content (AvgIpc) is 3.03. The fourth-order valence-electron chi connectivity index (χ4n) is 2.77. The lowest BCUT2D eigenvalue weighted by molar-refractivity contribution is -0.274. The molecular weight excluding hydrogens is 365 g/mol. The van der Waals surface area contributed by atoms with Gasteiger partial charge in [0.1, 0.15) is 0 Å². The van der Waals surface area contributed by atoms with Crippen LogP contribution in [-0.4, -0.2) is 36.9 Å². The van der Waals surface area contributed by atoms with Gasteiger partial charge >= 0.3 is 6.36 Å². The first-order valence-electron chi connectivity index (χ1n) is 8.10. The van der Waals surface area contributed by atoms with Gasteiger partial charge in [0.05, 0.1) is 12.2 Å². The van der Waals surface area contributed by atoms with E-state index in [4.69, 9.17) is 5.73 Å². The van der Waals surface area contributed by atoms with Crippen LogP contribution in [-0.2, 0) is 13.0 Å². The number of nitrogens with one attached hydrogen (secondary N) is 1. The molecule has 1 aliphatic heterocycles. The Labute approximate surface area is 153 Å². The molecule has 5 nitrogen and oxygen atoms in total.